The summed E-state index contributed by atoms with van der Waals surface area (Å²) < 4.78 is 2.56. The Balaban J connectivity index is 1.60. The SMILES string of the molecule is Nc1sc(=S)nc2c1sc1nc3nc4c(c(-c5ccc(Cl)cc5)c3c(=O)n12)CC/C4=C\c1ccc(Cl)cc1. The van der Waals surface area contributed by atoms with Gasteiger partial charge in [0.1, 0.15) is 9.70 Å². The molecule has 0 saturated heterocycles. The number of aromatic nitrogens is 4. The van der Waals surface area contributed by atoms with Crippen molar-refractivity contribution >= 4 is 101 Å². The van der Waals surface area contributed by atoms with Gasteiger partial charge in [-0.15, -0.1) is 0 Å². The third kappa shape index (κ3) is 3.77. The highest BCUT2D eigenvalue weighted by molar-refractivity contribution is 7.73. The highest BCUT2D eigenvalue weighted by Crippen LogP contribution is 2.42. The smallest absolute Gasteiger partial charge is 0.270 e. The number of anilines is 1. The molecule has 0 bridgehead atoms. The van der Waals surface area contributed by atoms with E-state index < -0.39 is 0 Å². The summed E-state index contributed by atoms with van der Waals surface area (Å²) >= 11 is 20.1. The number of pyridine rings is 1. The van der Waals surface area contributed by atoms with E-state index in [0.717, 1.165) is 46.4 Å². The average Bonchev–Trinajstić information content (AvgIpc) is 3.46. The predicted molar refractivity (Wildman–Crippen MR) is 161 cm³/mol. The summed E-state index contributed by atoms with van der Waals surface area (Å²) in [6, 6.07) is 15.2. The topological polar surface area (TPSA) is 86.2 Å². The Morgan fingerprint density at radius 2 is 1.66 bits per heavy atom. The Morgan fingerprint density at radius 3 is 2.39 bits per heavy atom. The summed E-state index contributed by atoms with van der Waals surface area (Å²) in [4.78, 5) is 28.9. The summed E-state index contributed by atoms with van der Waals surface area (Å²) in [6.45, 7) is 0. The first-order valence-corrected chi connectivity index (χ1v) is 14.4. The van der Waals surface area contributed by atoms with Crippen LogP contribution in [-0.2, 0) is 6.42 Å². The molecule has 0 aliphatic heterocycles. The fourth-order valence-corrected chi connectivity index (χ4v) is 7.23. The van der Waals surface area contributed by atoms with Crippen molar-refractivity contribution in [3.8, 4) is 11.1 Å². The Kier molecular flexibility index (Phi) is 5.61. The molecule has 0 fully saturated rings. The lowest BCUT2D eigenvalue weighted by Gasteiger charge is -2.13. The number of nitrogen functional groups attached to an aromatic ring is 1. The number of halogens is 2. The van der Waals surface area contributed by atoms with Crippen LogP contribution in [0.1, 0.15) is 23.2 Å². The van der Waals surface area contributed by atoms with Crippen LogP contribution in [0.25, 0.3) is 49.1 Å². The minimum Gasteiger partial charge on any atom is -0.389 e. The molecular formula is C27H15Cl2N5OS3. The van der Waals surface area contributed by atoms with Gasteiger partial charge in [0, 0.05) is 15.6 Å². The van der Waals surface area contributed by atoms with E-state index in [1.807, 2.05) is 48.5 Å². The number of fused-ring (bicyclic) bond motifs is 5. The van der Waals surface area contributed by atoms with Crippen LogP contribution >= 0.6 is 58.1 Å². The van der Waals surface area contributed by atoms with E-state index in [9.17, 15) is 4.79 Å². The van der Waals surface area contributed by atoms with Gasteiger partial charge in [-0.1, -0.05) is 70.1 Å². The Hall–Kier alpha value is -3.21. The van der Waals surface area contributed by atoms with Crippen LogP contribution in [0.2, 0.25) is 10.0 Å². The molecule has 7 rings (SSSR count). The van der Waals surface area contributed by atoms with Gasteiger partial charge in [-0.2, -0.15) is 4.98 Å². The van der Waals surface area contributed by atoms with Crippen molar-refractivity contribution in [1.29, 1.82) is 0 Å². The van der Waals surface area contributed by atoms with Gasteiger partial charge in [0.15, 0.2) is 15.2 Å². The lowest BCUT2D eigenvalue weighted by molar-refractivity contribution is 1.08. The molecule has 0 atom stereocenters. The van der Waals surface area contributed by atoms with Crippen LogP contribution in [0, 0.1) is 3.95 Å². The number of hydrogen-bond donors (Lipinski definition) is 1. The van der Waals surface area contributed by atoms with E-state index in [0.29, 0.717) is 45.3 Å². The van der Waals surface area contributed by atoms with Gasteiger partial charge in [0.2, 0.25) is 4.96 Å². The van der Waals surface area contributed by atoms with Gasteiger partial charge >= 0.3 is 0 Å². The molecule has 0 saturated carbocycles. The van der Waals surface area contributed by atoms with Crippen molar-refractivity contribution in [2.45, 2.75) is 12.8 Å². The Bertz CT molecular complexity index is 2100. The van der Waals surface area contributed by atoms with Crippen molar-refractivity contribution in [2.75, 3.05) is 5.73 Å². The molecule has 6 nitrogen and oxygen atoms in total. The first-order valence-electron chi connectivity index (χ1n) is 11.6. The molecule has 186 valence electrons. The molecule has 2 N–H and O–H groups in total. The molecule has 0 amide bonds. The van der Waals surface area contributed by atoms with E-state index in [1.165, 1.54) is 27.1 Å². The molecule has 0 spiro atoms. The highest BCUT2D eigenvalue weighted by atomic mass is 35.5. The Morgan fingerprint density at radius 1 is 0.947 bits per heavy atom. The quantitative estimate of drug-likeness (QED) is 0.208. The van der Waals surface area contributed by atoms with Crippen molar-refractivity contribution in [1.82, 2.24) is 19.4 Å². The van der Waals surface area contributed by atoms with Crippen LogP contribution in [0.3, 0.4) is 0 Å². The second-order valence-electron chi connectivity index (χ2n) is 8.87. The van der Waals surface area contributed by atoms with Crippen LogP contribution in [0.4, 0.5) is 5.00 Å². The molecule has 4 aromatic heterocycles. The number of benzene rings is 2. The van der Waals surface area contributed by atoms with E-state index in [1.54, 1.807) is 0 Å². The van der Waals surface area contributed by atoms with E-state index in [-0.39, 0.29) is 5.56 Å². The van der Waals surface area contributed by atoms with Gasteiger partial charge in [0.25, 0.3) is 5.56 Å². The monoisotopic (exact) mass is 591 g/mol. The zero-order valence-corrected chi connectivity index (χ0v) is 23.3. The highest BCUT2D eigenvalue weighted by Gasteiger charge is 2.28. The maximum Gasteiger partial charge on any atom is 0.270 e. The average molecular weight is 593 g/mol. The maximum atomic E-state index is 14.2. The molecule has 11 heteroatoms. The standard InChI is InChI=1S/C27H15Cl2N5OS3/c28-15-6-1-12(2-7-15)11-14-5-10-17-18(13-3-8-16(29)9-4-13)19-23(31-20(14)17)32-26-34(25(19)35)24-21(37-26)22(30)38-27(36)33-24/h1-4,6-9,11H,5,10,30H2/b14-11+. The first kappa shape index (κ1) is 23.9. The first-order chi connectivity index (χ1) is 18.4. The molecule has 4 heterocycles. The molecule has 2 aromatic carbocycles. The fourth-order valence-electron chi connectivity index (χ4n) is 4.96. The van der Waals surface area contributed by atoms with Gasteiger partial charge in [0.05, 0.1) is 11.1 Å². The normalized spacial score (nSPS) is 14.2. The van der Waals surface area contributed by atoms with E-state index >= 15 is 0 Å². The summed E-state index contributed by atoms with van der Waals surface area (Å²) in [5.41, 5.74) is 12.5. The van der Waals surface area contributed by atoms with Crippen LogP contribution in [0.15, 0.2) is 53.3 Å². The minimum absolute atomic E-state index is 0.246. The van der Waals surface area contributed by atoms with Gasteiger partial charge in [-0.3, -0.25) is 4.79 Å². The van der Waals surface area contributed by atoms with Gasteiger partial charge < -0.3 is 5.73 Å². The Labute approximate surface area is 238 Å². The van der Waals surface area contributed by atoms with Crippen molar-refractivity contribution in [3.63, 3.8) is 0 Å². The number of rotatable bonds is 2. The molecule has 6 aromatic rings. The van der Waals surface area contributed by atoms with E-state index in [2.05, 4.69) is 11.1 Å². The zero-order valence-electron chi connectivity index (χ0n) is 19.4. The van der Waals surface area contributed by atoms with E-state index in [4.69, 9.17) is 51.1 Å². The van der Waals surface area contributed by atoms with Crippen LogP contribution < -0.4 is 11.3 Å². The summed E-state index contributed by atoms with van der Waals surface area (Å²) in [5.74, 6) is 0. The number of hydrogen-bond acceptors (Lipinski definition) is 8. The van der Waals surface area contributed by atoms with Crippen molar-refractivity contribution < 1.29 is 0 Å². The number of nitrogens with zero attached hydrogens (tertiary/aromatic N) is 4. The molecule has 0 unspecified atom stereocenters. The second kappa shape index (κ2) is 8.93. The maximum absolute atomic E-state index is 14.2. The van der Waals surface area contributed by atoms with Crippen molar-refractivity contribution in [2.24, 2.45) is 0 Å². The minimum atomic E-state index is -0.246. The molecular weight excluding hydrogens is 577 g/mol. The predicted octanol–water partition coefficient (Wildman–Crippen LogP) is 7.69. The van der Waals surface area contributed by atoms with Gasteiger partial charge in [-0.05, 0) is 77.7 Å². The molecule has 1 aliphatic carbocycles. The van der Waals surface area contributed by atoms with Gasteiger partial charge in [-0.25, -0.2) is 14.4 Å². The summed E-state index contributed by atoms with van der Waals surface area (Å²) in [6.07, 6.45) is 3.65. The lowest BCUT2D eigenvalue weighted by atomic mass is 9.96. The second-order valence-corrected chi connectivity index (χ2v) is 12.4. The number of allylic oxidation sites excluding steroid dienone is 1. The summed E-state index contributed by atoms with van der Waals surface area (Å²) in [5, 5.41) is 2.26. The van der Waals surface area contributed by atoms with Crippen molar-refractivity contribution in [3.05, 3.63) is 89.7 Å². The summed E-state index contributed by atoms with van der Waals surface area (Å²) in [7, 11) is 0. The molecule has 0 radical (unpaired) electrons. The van der Waals surface area contributed by atoms with Crippen LogP contribution in [0.5, 0.6) is 0 Å². The fraction of sp³-hybridized carbons (Fsp3) is 0.0741. The molecule has 38 heavy (non-hydrogen) atoms. The largest absolute Gasteiger partial charge is 0.389 e. The lowest BCUT2D eigenvalue weighted by Crippen LogP contribution is -2.17. The van der Waals surface area contributed by atoms with Crippen LogP contribution in [-0.4, -0.2) is 19.4 Å². The zero-order chi connectivity index (χ0) is 26.1. The number of thiazole rings is 1. The third-order valence-electron chi connectivity index (χ3n) is 6.61. The third-order valence-corrected chi connectivity index (χ3v) is 9.33. The number of nitrogens with two attached hydrogens (primary N) is 1. The molecule has 1 aliphatic rings.